The van der Waals surface area contributed by atoms with Crippen LogP contribution < -0.4 is 50.8 Å². The largest absolute Gasteiger partial charge is 0.454 e. The molecule has 1 atom stereocenters. The van der Waals surface area contributed by atoms with E-state index in [4.69, 9.17) is 52.1 Å². The van der Waals surface area contributed by atoms with Crippen molar-refractivity contribution in [1.29, 1.82) is 0 Å². The molecule has 76 heavy (non-hydrogen) atoms. The zero-order valence-electron chi connectivity index (χ0n) is 41.7. The summed E-state index contributed by atoms with van der Waals surface area (Å²) in [4.78, 5) is 42.8. The van der Waals surface area contributed by atoms with Crippen molar-refractivity contribution in [3.63, 3.8) is 0 Å². The summed E-state index contributed by atoms with van der Waals surface area (Å²) < 4.78 is 31.3. The van der Waals surface area contributed by atoms with Gasteiger partial charge in [-0.15, -0.1) is 17.0 Å². The number of nitrogens with one attached hydrogen (secondary N) is 2. The highest BCUT2D eigenvalue weighted by molar-refractivity contribution is 9.09. The molecule has 0 amide bonds. The van der Waals surface area contributed by atoms with Crippen molar-refractivity contribution in [3.05, 3.63) is 101 Å². The molecule has 0 bridgehead atoms. The summed E-state index contributed by atoms with van der Waals surface area (Å²) >= 11 is 11.0. The van der Waals surface area contributed by atoms with Gasteiger partial charge in [0.05, 0.1) is 18.5 Å². The summed E-state index contributed by atoms with van der Waals surface area (Å²) in [5.41, 5.74) is 17.2. The number of amidine groups is 1. The molecule has 5 aromatic rings. The molecule has 0 saturated carbocycles. The van der Waals surface area contributed by atoms with Gasteiger partial charge in [-0.3, -0.25) is 19.4 Å². The van der Waals surface area contributed by atoms with E-state index in [1.807, 2.05) is 31.2 Å². The molecule has 4 aliphatic rings. The number of thiocarbonyl (C=S) groups is 1. The van der Waals surface area contributed by atoms with E-state index in [0.717, 1.165) is 95.8 Å². The van der Waals surface area contributed by atoms with Crippen LogP contribution in [0.15, 0.2) is 89.9 Å². The maximum Gasteiger partial charge on any atom is 0.231 e. The highest BCUT2D eigenvalue weighted by Crippen LogP contribution is 2.36. The van der Waals surface area contributed by atoms with Gasteiger partial charge in [0, 0.05) is 114 Å². The molecular formula is C52H73Br2N10O8PS3. The van der Waals surface area contributed by atoms with Crippen molar-refractivity contribution in [3.8, 4) is 23.0 Å². The van der Waals surface area contributed by atoms with E-state index in [2.05, 4.69) is 80.4 Å². The summed E-state index contributed by atoms with van der Waals surface area (Å²) in [7, 11) is 3.49. The van der Waals surface area contributed by atoms with Crippen LogP contribution in [0.1, 0.15) is 47.4 Å². The van der Waals surface area contributed by atoms with Crippen LogP contribution >= 0.6 is 78.1 Å². The normalized spacial score (nSPS) is 14.4. The molecule has 1 aromatic heterocycles. The van der Waals surface area contributed by atoms with E-state index in [1.165, 1.54) is 34.5 Å². The van der Waals surface area contributed by atoms with Gasteiger partial charge in [-0.05, 0) is 103 Å². The number of nitrogens with two attached hydrogens (primary N) is 2. The van der Waals surface area contributed by atoms with Gasteiger partial charge in [0.15, 0.2) is 44.2 Å². The summed E-state index contributed by atoms with van der Waals surface area (Å²) in [6.07, 6.45) is 0. The number of nitrogens with zero attached hydrogens (tertiary/aromatic N) is 6. The molecular weight excluding hydrogens is 1180 g/mol. The minimum Gasteiger partial charge on any atom is -0.454 e. The number of methoxy groups -OCH3 is 2. The first kappa shape index (κ1) is 65.5. The maximum absolute atomic E-state index is 13.0. The number of ketones is 2. The number of Topliss-reactive ketones (excluding diaryl/α,β-unsaturated/α-hetero) is 1. The Kier molecular flexibility index (Phi) is 28.8. The van der Waals surface area contributed by atoms with Gasteiger partial charge in [-0.1, -0.05) is 60.8 Å². The molecule has 6 N–H and O–H groups in total. The summed E-state index contributed by atoms with van der Waals surface area (Å²) in [5, 5.41) is 8.14. The zero-order valence-corrected chi connectivity index (χ0v) is 48.9. The smallest absolute Gasteiger partial charge is 0.231 e. The predicted octanol–water partition coefficient (Wildman–Crippen LogP) is 9.32. The Labute approximate surface area is 483 Å². The number of hydrogen-bond donors (Lipinski definition) is 4. The molecule has 24 heteroatoms. The molecule has 0 radical (unpaired) electrons. The molecule has 1 unspecified atom stereocenters. The topological polar surface area (TPSA) is 204 Å². The fourth-order valence-electron chi connectivity index (χ4n) is 7.83. The molecule has 2 saturated heterocycles. The van der Waals surface area contributed by atoms with Crippen molar-refractivity contribution in [2.75, 3.05) is 144 Å². The van der Waals surface area contributed by atoms with Crippen molar-refractivity contribution in [1.82, 2.24) is 14.8 Å². The van der Waals surface area contributed by atoms with Crippen molar-refractivity contribution >= 4 is 134 Å². The third-order valence-electron chi connectivity index (χ3n) is 11.7. The Morgan fingerprint density at radius 1 is 0.750 bits per heavy atom. The second-order valence-electron chi connectivity index (χ2n) is 16.4. The minimum absolute atomic E-state index is 0. The maximum atomic E-state index is 13.0. The number of thiazole rings is 1. The summed E-state index contributed by atoms with van der Waals surface area (Å²) in [5.74, 6) is 3.47. The Morgan fingerprint density at radius 3 is 1.71 bits per heavy atom. The van der Waals surface area contributed by atoms with Gasteiger partial charge in [0.25, 0.3) is 0 Å². The first-order valence-electron chi connectivity index (χ1n) is 23.4. The van der Waals surface area contributed by atoms with Gasteiger partial charge in [0.2, 0.25) is 19.4 Å². The van der Waals surface area contributed by atoms with Crippen LogP contribution in [0.3, 0.4) is 0 Å². The summed E-state index contributed by atoms with van der Waals surface area (Å²) in [6.45, 7) is 14.2. The molecule has 0 aliphatic carbocycles. The Hall–Kier alpha value is -4.81. The number of carbonyl (C=O) groups excluding carboxylic acids is 2. The average molecular weight is 1250 g/mol. The highest BCUT2D eigenvalue weighted by Gasteiger charge is 2.23. The number of nitrogen functional groups attached to an aromatic ring is 1. The van der Waals surface area contributed by atoms with Crippen LogP contribution in [-0.2, 0) is 9.47 Å². The van der Waals surface area contributed by atoms with Gasteiger partial charge in [0.1, 0.15) is 10.7 Å². The van der Waals surface area contributed by atoms with Crippen LogP contribution in [-0.4, -0.2) is 154 Å². The van der Waals surface area contributed by atoms with Crippen LogP contribution in [0.5, 0.6) is 23.0 Å². The zero-order chi connectivity index (χ0) is 50.8. The first-order valence-corrected chi connectivity index (χ1v) is 26.7. The fourth-order valence-corrected chi connectivity index (χ4v) is 9.75. The lowest BCUT2D eigenvalue weighted by molar-refractivity contribution is 0.102. The highest BCUT2D eigenvalue weighted by atomic mass is 79.9. The predicted molar refractivity (Wildman–Crippen MR) is 331 cm³/mol. The second-order valence-corrected chi connectivity index (χ2v) is 19.7. The van der Waals surface area contributed by atoms with Crippen molar-refractivity contribution in [2.45, 2.75) is 21.8 Å². The number of piperazine rings is 2. The van der Waals surface area contributed by atoms with E-state index in [0.29, 0.717) is 59.7 Å². The molecule has 18 nitrogen and oxygen atoms in total. The lowest BCUT2D eigenvalue weighted by Gasteiger charge is -2.36. The molecule has 4 aliphatic heterocycles. The SMILES string of the molecule is Br.C.C.CCSC(N)=NC(=S)Nc1ccc(N2CCN(CCOC)CC2)cc1.COCCN1CCN(c2ccc(Nc3nc(N)c(C(=O)c4ccc5c(c4)OCO5)s3)cc2)CC1.O=C(CBr)c1ccc2c(c1)OCO2.P. The van der Waals surface area contributed by atoms with E-state index < -0.39 is 0 Å². The number of thioether (sulfide) groups is 1. The number of carbonyl (C=O) groups is 2. The first-order chi connectivity index (χ1) is 35.0. The number of halogens is 2. The number of rotatable bonds is 16. The van der Waals surface area contributed by atoms with Crippen LogP contribution in [0.2, 0.25) is 0 Å². The Balaban J connectivity index is 0.000000319. The number of aliphatic imine (C=N–C) groups is 1. The van der Waals surface area contributed by atoms with Gasteiger partial charge < -0.3 is 60.3 Å². The lowest BCUT2D eigenvalue weighted by Crippen LogP contribution is -2.47. The summed E-state index contributed by atoms with van der Waals surface area (Å²) in [6, 6.07) is 26.8. The third kappa shape index (κ3) is 19.0. The second kappa shape index (κ2) is 33.5. The monoisotopic (exact) mass is 1250 g/mol. The number of alkyl halides is 1. The minimum atomic E-state index is -0.193. The third-order valence-corrected chi connectivity index (χ3v) is 14.1. The molecule has 9 rings (SSSR count). The quantitative estimate of drug-likeness (QED) is 0.0181. The molecule has 0 spiro atoms. The number of hydrogen-bond acceptors (Lipinski definition) is 18. The van der Waals surface area contributed by atoms with Crippen molar-refractivity contribution < 1.29 is 38.0 Å². The molecule has 416 valence electrons. The molecule has 5 heterocycles. The number of anilines is 6. The lowest BCUT2D eigenvalue weighted by atomic mass is 10.1. The Bertz CT molecular complexity index is 2630. The molecule has 4 aromatic carbocycles. The average Bonchev–Trinajstić information content (AvgIpc) is 4.18. The van der Waals surface area contributed by atoms with Crippen LogP contribution in [0.4, 0.5) is 33.7 Å². The van der Waals surface area contributed by atoms with Crippen molar-refractivity contribution in [2.24, 2.45) is 10.7 Å². The van der Waals surface area contributed by atoms with E-state index >= 15 is 0 Å². The number of benzene rings is 4. The van der Waals surface area contributed by atoms with Gasteiger partial charge >= 0.3 is 0 Å². The number of ether oxygens (including phenoxy) is 6. The Morgan fingerprint density at radius 2 is 1.22 bits per heavy atom. The van der Waals surface area contributed by atoms with Crippen LogP contribution in [0, 0.1) is 0 Å². The van der Waals surface area contributed by atoms with E-state index in [9.17, 15) is 9.59 Å². The van der Waals surface area contributed by atoms with Gasteiger partial charge in [-0.2, -0.15) is 14.9 Å². The van der Waals surface area contributed by atoms with Crippen LogP contribution in [0.25, 0.3) is 0 Å². The molecule has 2 fully saturated rings. The fraction of sp³-hybridized carbons (Fsp3) is 0.404. The van der Waals surface area contributed by atoms with E-state index in [-0.39, 0.29) is 72.7 Å². The van der Waals surface area contributed by atoms with E-state index in [1.54, 1.807) is 50.6 Å². The van der Waals surface area contributed by atoms with Gasteiger partial charge in [-0.25, -0.2) is 4.98 Å². The standard InChI is InChI=1S/C24H27N5O4S.C17H27N5OS2.C9H7BrO3.2CH4.BrH.H3P/c1-31-13-12-28-8-10-29(11-9-28)18-5-3-17(4-6-18)26-24-27-23(25)22(34-24)21(30)16-2-7-19-20(14-16)33-15-32-19;1-3-25-16(18)20-17(24)19-14-4-6-15(7-5-14)22-10-8-21(9-11-22)12-13-23-2;10-4-7(11)6-1-2-8-9(3-6)13-5-12-8;;;;/h2-7,14H,8-13,15,25H2,1H3,(H,26,27);4-7H,3,8-13H2,1-2H3,(H3,18,19,20,24);1-3H,4-5H2;2*1H4;1H;1H3. The number of fused-ring (bicyclic) bond motifs is 2. The number of aromatic nitrogens is 1.